The molecule has 0 N–H and O–H groups in total. The average molecular weight is 263 g/mol. The Labute approximate surface area is 113 Å². The highest BCUT2D eigenvalue weighted by Gasteiger charge is 2.21. The summed E-state index contributed by atoms with van der Waals surface area (Å²) in [6.07, 6.45) is 5.45. The van der Waals surface area contributed by atoms with Gasteiger partial charge in [-0.15, -0.1) is 6.42 Å². The van der Waals surface area contributed by atoms with Gasteiger partial charge in [-0.3, -0.25) is 4.90 Å². The van der Waals surface area contributed by atoms with Gasteiger partial charge in [0.1, 0.15) is 5.82 Å². The molecule has 0 fully saturated rings. The van der Waals surface area contributed by atoms with Crippen molar-refractivity contribution < 1.29 is 13.9 Å². The zero-order valence-electron chi connectivity index (χ0n) is 11.7. The van der Waals surface area contributed by atoms with Gasteiger partial charge in [0.25, 0.3) is 0 Å². The Hall–Kier alpha value is -1.86. The molecule has 0 heterocycles. The normalized spacial score (nSPS) is 11.2. The third kappa shape index (κ3) is 3.55. The molecule has 0 aromatic heterocycles. The van der Waals surface area contributed by atoms with E-state index in [1.165, 1.54) is 19.2 Å². The Morgan fingerprint density at radius 1 is 1.53 bits per heavy atom. The van der Waals surface area contributed by atoms with Crippen LogP contribution in [0.3, 0.4) is 0 Å². The quantitative estimate of drug-likeness (QED) is 0.617. The Kier molecular flexibility index (Phi) is 4.68. The molecule has 19 heavy (non-hydrogen) atoms. The number of carbonyl (C=O) groups is 1. The summed E-state index contributed by atoms with van der Waals surface area (Å²) in [7, 11) is 3.09. The van der Waals surface area contributed by atoms with E-state index in [2.05, 4.69) is 10.7 Å². The molecular formula is C15H18FNO2. The van der Waals surface area contributed by atoms with E-state index in [1.807, 2.05) is 25.8 Å². The number of halogens is 1. The minimum absolute atomic E-state index is 0.0647. The van der Waals surface area contributed by atoms with E-state index < -0.39 is 17.3 Å². The summed E-state index contributed by atoms with van der Waals surface area (Å²) >= 11 is 0. The number of hydrogen-bond donors (Lipinski definition) is 0. The van der Waals surface area contributed by atoms with Gasteiger partial charge < -0.3 is 4.74 Å². The smallest absolute Gasteiger partial charge is 0.340 e. The first-order chi connectivity index (χ1) is 8.81. The maximum Gasteiger partial charge on any atom is 0.340 e. The van der Waals surface area contributed by atoms with Gasteiger partial charge in [-0.05, 0) is 38.6 Å². The van der Waals surface area contributed by atoms with Crippen LogP contribution in [-0.4, -0.2) is 30.6 Å². The van der Waals surface area contributed by atoms with Crippen molar-refractivity contribution >= 4 is 5.97 Å². The monoisotopic (exact) mass is 263 g/mol. The minimum atomic E-state index is -0.679. The van der Waals surface area contributed by atoms with E-state index >= 15 is 0 Å². The highest BCUT2D eigenvalue weighted by Crippen LogP contribution is 2.17. The summed E-state index contributed by atoms with van der Waals surface area (Å²) in [5, 5.41) is 0. The van der Waals surface area contributed by atoms with Crippen molar-refractivity contribution in [3.05, 3.63) is 35.1 Å². The summed E-state index contributed by atoms with van der Waals surface area (Å²) in [6.45, 7) is 4.31. The fourth-order valence-electron chi connectivity index (χ4n) is 1.51. The SMILES string of the molecule is C#CC(C)(C)N(C)Cc1ccc(C(=O)OC)c(F)c1. The molecule has 3 nitrogen and oxygen atoms in total. The van der Waals surface area contributed by atoms with Gasteiger partial charge >= 0.3 is 5.97 Å². The zero-order chi connectivity index (χ0) is 14.6. The summed E-state index contributed by atoms with van der Waals surface area (Å²) in [4.78, 5) is 13.2. The number of methoxy groups -OCH3 is 1. The third-order valence-electron chi connectivity index (χ3n) is 3.17. The van der Waals surface area contributed by atoms with Crippen LogP contribution < -0.4 is 0 Å². The second kappa shape index (κ2) is 5.85. The molecule has 0 radical (unpaired) electrons. The minimum Gasteiger partial charge on any atom is -0.465 e. The van der Waals surface area contributed by atoms with Crippen LogP contribution >= 0.6 is 0 Å². The number of esters is 1. The highest BCUT2D eigenvalue weighted by molar-refractivity contribution is 5.89. The molecule has 4 heteroatoms. The van der Waals surface area contributed by atoms with Crippen LogP contribution in [0.2, 0.25) is 0 Å². The molecule has 0 spiro atoms. The van der Waals surface area contributed by atoms with Gasteiger partial charge in [0, 0.05) is 6.54 Å². The summed E-state index contributed by atoms with van der Waals surface area (Å²) in [6, 6.07) is 4.45. The van der Waals surface area contributed by atoms with Crippen LogP contribution in [0.5, 0.6) is 0 Å². The van der Waals surface area contributed by atoms with Crippen LogP contribution in [0, 0.1) is 18.2 Å². The van der Waals surface area contributed by atoms with E-state index in [0.29, 0.717) is 6.54 Å². The predicted octanol–water partition coefficient (Wildman–Crippen LogP) is 2.46. The largest absolute Gasteiger partial charge is 0.465 e. The molecule has 1 aromatic carbocycles. The lowest BCUT2D eigenvalue weighted by molar-refractivity contribution is 0.0595. The number of benzene rings is 1. The van der Waals surface area contributed by atoms with Gasteiger partial charge in [0.05, 0.1) is 18.2 Å². The van der Waals surface area contributed by atoms with Crippen molar-refractivity contribution in [1.82, 2.24) is 4.90 Å². The van der Waals surface area contributed by atoms with Gasteiger partial charge in [-0.25, -0.2) is 9.18 Å². The van der Waals surface area contributed by atoms with Crippen molar-refractivity contribution in [3.63, 3.8) is 0 Å². The summed E-state index contributed by atoms with van der Waals surface area (Å²) in [5.74, 6) is 1.41. The molecule has 0 atom stereocenters. The number of ether oxygens (including phenoxy) is 1. The lowest BCUT2D eigenvalue weighted by Gasteiger charge is -2.30. The second-order valence-electron chi connectivity index (χ2n) is 4.87. The van der Waals surface area contributed by atoms with E-state index in [4.69, 9.17) is 6.42 Å². The molecule has 102 valence electrons. The van der Waals surface area contributed by atoms with Crippen molar-refractivity contribution in [3.8, 4) is 12.3 Å². The van der Waals surface area contributed by atoms with E-state index in [0.717, 1.165) is 5.56 Å². The zero-order valence-corrected chi connectivity index (χ0v) is 11.7. The van der Waals surface area contributed by atoms with Crippen molar-refractivity contribution in [2.24, 2.45) is 0 Å². The maximum atomic E-state index is 13.8. The molecule has 0 saturated carbocycles. The third-order valence-corrected chi connectivity index (χ3v) is 3.17. The van der Waals surface area contributed by atoms with Crippen molar-refractivity contribution in [2.45, 2.75) is 25.9 Å². The number of terminal acetylenes is 1. The van der Waals surface area contributed by atoms with Gasteiger partial charge in [-0.2, -0.15) is 0 Å². The first-order valence-corrected chi connectivity index (χ1v) is 5.87. The van der Waals surface area contributed by atoms with E-state index in [-0.39, 0.29) is 5.56 Å². The molecule has 0 aliphatic carbocycles. The first kappa shape index (κ1) is 15.2. The average Bonchev–Trinajstić information content (AvgIpc) is 2.38. The summed E-state index contributed by atoms with van der Waals surface area (Å²) < 4.78 is 18.3. The van der Waals surface area contributed by atoms with Crippen molar-refractivity contribution in [2.75, 3.05) is 14.2 Å². The molecule has 0 aliphatic heterocycles. The topological polar surface area (TPSA) is 29.5 Å². The van der Waals surface area contributed by atoms with Crippen LogP contribution in [0.15, 0.2) is 18.2 Å². The first-order valence-electron chi connectivity index (χ1n) is 5.87. The van der Waals surface area contributed by atoms with E-state index in [9.17, 15) is 9.18 Å². The van der Waals surface area contributed by atoms with E-state index in [1.54, 1.807) is 6.07 Å². The Morgan fingerprint density at radius 3 is 2.63 bits per heavy atom. The molecule has 0 saturated heterocycles. The summed E-state index contributed by atoms with van der Waals surface area (Å²) in [5.41, 5.74) is 0.262. The highest BCUT2D eigenvalue weighted by atomic mass is 19.1. The Bertz CT molecular complexity index is 517. The van der Waals surface area contributed by atoms with Gasteiger partial charge in [-0.1, -0.05) is 12.0 Å². The number of carbonyl (C=O) groups excluding carboxylic acids is 1. The molecule has 1 aromatic rings. The van der Waals surface area contributed by atoms with Crippen LogP contribution in [0.1, 0.15) is 29.8 Å². The molecule has 1 rings (SSSR count). The Morgan fingerprint density at radius 2 is 2.16 bits per heavy atom. The maximum absolute atomic E-state index is 13.8. The van der Waals surface area contributed by atoms with Gasteiger partial charge in [0.2, 0.25) is 0 Å². The fraction of sp³-hybridized carbons (Fsp3) is 0.400. The molecule has 0 unspecified atom stereocenters. The molecular weight excluding hydrogens is 245 g/mol. The lowest BCUT2D eigenvalue weighted by Crippen LogP contribution is -2.39. The molecule has 0 aliphatic rings. The lowest BCUT2D eigenvalue weighted by atomic mass is 10.0. The second-order valence-corrected chi connectivity index (χ2v) is 4.87. The molecule has 0 amide bonds. The van der Waals surface area contributed by atoms with Gasteiger partial charge in [0.15, 0.2) is 0 Å². The number of rotatable bonds is 4. The number of nitrogens with zero attached hydrogens (tertiary/aromatic N) is 1. The van der Waals surface area contributed by atoms with Crippen LogP contribution in [0.4, 0.5) is 4.39 Å². The Balaban J connectivity index is 2.92. The predicted molar refractivity (Wildman–Crippen MR) is 72.1 cm³/mol. The fourth-order valence-corrected chi connectivity index (χ4v) is 1.51. The molecule has 0 bridgehead atoms. The number of hydrogen-bond acceptors (Lipinski definition) is 3. The standard InChI is InChI=1S/C15H18FNO2/c1-6-15(2,3)17(4)10-11-7-8-12(13(16)9-11)14(18)19-5/h1,7-9H,10H2,2-5H3. The van der Waals surface area contributed by atoms with Crippen LogP contribution in [0.25, 0.3) is 0 Å². The van der Waals surface area contributed by atoms with Crippen LogP contribution in [-0.2, 0) is 11.3 Å². The van der Waals surface area contributed by atoms with Crippen molar-refractivity contribution in [1.29, 1.82) is 0 Å².